The van der Waals surface area contributed by atoms with Crippen molar-refractivity contribution < 1.29 is 9.18 Å². The van der Waals surface area contributed by atoms with Crippen LogP contribution in [0.3, 0.4) is 0 Å². The van der Waals surface area contributed by atoms with Crippen molar-refractivity contribution in [3.05, 3.63) is 64.4 Å². The normalized spacial score (nSPS) is 10.2. The summed E-state index contributed by atoms with van der Waals surface area (Å²) in [5.74, 6) is -0.446. The Kier molecular flexibility index (Phi) is 4.74. The molecule has 3 nitrogen and oxygen atoms in total. The Hall–Kier alpha value is -1.88. The zero-order valence-corrected chi connectivity index (χ0v) is 12.5. The minimum absolute atomic E-state index is 0.181. The van der Waals surface area contributed by atoms with Crippen LogP contribution < -0.4 is 5.32 Å². The first-order valence-corrected chi connectivity index (χ1v) is 6.86. The molecule has 0 bridgehead atoms. The Balaban J connectivity index is 1.99. The zero-order chi connectivity index (χ0) is 14.5. The van der Waals surface area contributed by atoms with Gasteiger partial charge in [-0.1, -0.05) is 40.2 Å². The van der Waals surface area contributed by atoms with E-state index in [1.54, 1.807) is 19.2 Å². The second kappa shape index (κ2) is 6.52. The van der Waals surface area contributed by atoms with Crippen LogP contribution in [-0.4, -0.2) is 18.0 Å². The second-order valence-electron chi connectivity index (χ2n) is 4.39. The van der Waals surface area contributed by atoms with Gasteiger partial charge >= 0.3 is 6.03 Å². The molecule has 2 amide bonds. The van der Waals surface area contributed by atoms with Crippen molar-refractivity contribution in [1.29, 1.82) is 0 Å². The highest BCUT2D eigenvalue weighted by Crippen LogP contribution is 2.15. The number of halogens is 2. The number of anilines is 1. The van der Waals surface area contributed by atoms with E-state index < -0.39 is 5.82 Å². The highest BCUT2D eigenvalue weighted by molar-refractivity contribution is 9.10. The number of amides is 2. The molecule has 0 atom stereocenters. The van der Waals surface area contributed by atoms with Gasteiger partial charge < -0.3 is 10.2 Å². The van der Waals surface area contributed by atoms with Crippen LogP contribution in [0.5, 0.6) is 0 Å². The Bertz CT molecular complexity index is 601. The fourth-order valence-corrected chi connectivity index (χ4v) is 1.97. The smallest absolute Gasteiger partial charge is 0.321 e. The van der Waals surface area contributed by atoms with Crippen LogP contribution in [0, 0.1) is 5.82 Å². The number of hydrogen-bond acceptors (Lipinski definition) is 1. The zero-order valence-electron chi connectivity index (χ0n) is 10.9. The molecule has 0 heterocycles. The third kappa shape index (κ3) is 3.81. The number of urea groups is 1. The van der Waals surface area contributed by atoms with Crippen LogP contribution in [-0.2, 0) is 6.54 Å². The molecule has 2 aromatic carbocycles. The lowest BCUT2D eigenvalue weighted by Gasteiger charge is -2.18. The summed E-state index contributed by atoms with van der Waals surface area (Å²) < 4.78 is 14.4. The van der Waals surface area contributed by atoms with E-state index in [9.17, 15) is 9.18 Å². The molecule has 104 valence electrons. The summed E-state index contributed by atoms with van der Waals surface area (Å²) in [4.78, 5) is 13.5. The monoisotopic (exact) mass is 336 g/mol. The lowest BCUT2D eigenvalue weighted by molar-refractivity contribution is 0.220. The highest BCUT2D eigenvalue weighted by atomic mass is 79.9. The largest absolute Gasteiger partial charge is 0.323 e. The molecule has 0 radical (unpaired) electrons. The van der Waals surface area contributed by atoms with Crippen LogP contribution in [0.15, 0.2) is 53.0 Å². The van der Waals surface area contributed by atoms with Gasteiger partial charge in [-0.3, -0.25) is 0 Å². The number of rotatable bonds is 3. The molecule has 0 unspecified atom stereocenters. The quantitative estimate of drug-likeness (QED) is 0.892. The predicted octanol–water partition coefficient (Wildman–Crippen LogP) is 4.25. The fraction of sp³-hybridized carbons (Fsp3) is 0.133. The van der Waals surface area contributed by atoms with Crippen LogP contribution in [0.4, 0.5) is 14.9 Å². The maximum atomic E-state index is 13.4. The minimum Gasteiger partial charge on any atom is -0.323 e. The van der Waals surface area contributed by atoms with Gasteiger partial charge in [0.05, 0.1) is 5.69 Å². The molecule has 0 aliphatic heterocycles. The van der Waals surface area contributed by atoms with Gasteiger partial charge in [0.2, 0.25) is 0 Å². The van der Waals surface area contributed by atoms with Gasteiger partial charge in [-0.25, -0.2) is 9.18 Å². The molecular weight excluding hydrogens is 323 g/mol. The van der Waals surface area contributed by atoms with Gasteiger partial charge in [0, 0.05) is 18.1 Å². The molecule has 0 fully saturated rings. The van der Waals surface area contributed by atoms with Crippen molar-refractivity contribution >= 4 is 27.6 Å². The van der Waals surface area contributed by atoms with E-state index in [1.165, 1.54) is 17.0 Å². The summed E-state index contributed by atoms with van der Waals surface area (Å²) in [7, 11) is 1.66. The Morgan fingerprint density at radius 2 is 1.85 bits per heavy atom. The van der Waals surface area contributed by atoms with Gasteiger partial charge in [0.1, 0.15) is 5.82 Å². The molecule has 0 aliphatic carbocycles. The van der Waals surface area contributed by atoms with Crippen molar-refractivity contribution in [2.45, 2.75) is 6.54 Å². The molecule has 0 saturated carbocycles. The molecule has 0 spiro atoms. The topological polar surface area (TPSA) is 32.3 Å². The predicted molar refractivity (Wildman–Crippen MR) is 81.0 cm³/mol. The Morgan fingerprint density at radius 3 is 2.50 bits per heavy atom. The van der Waals surface area contributed by atoms with E-state index in [1.807, 2.05) is 24.3 Å². The molecule has 0 saturated heterocycles. The van der Waals surface area contributed by atoms with Gasteiger partial charge in [0.15, 0.2) is 0 Å². The van der Waals surface area contributed by atoms with Gasteiger partial charge in [-0.2, -0.15) is 0 Å². The number of nitrogens with zero attached hydrogens (tertiary/aromatic N) is 1. The van der Waals surface area contributed by atoms with E-state index in [-0.39, 0.29) is 11.7 Å². The number of carbonyl (C=O) groups excluding carboxylic acids is 1. The molecule has 0 aromatic heterocycles. The number of benzene rings is 2. The standard InChI is InChI=1S/C15H14BrFN2O/c1-19(10-11-6-8-12(16)9-7-11)15(20)18-14-5-3-2-4-13(14)17/h2-9H,10H2,1H3,(H,18,20). The first kappa shape index (κ1) is 14.5. The minimum atomic E-state index is -0.446. The van der Waals surface area contributed by atoms with Crippen molar-refractivity contribution in [1.82, 2.24) is 4.90 Å². The van der Waals surface area contributed by atoms with Crippen molar-refractivity contribution in [2.24, 2.45) is 0 Å². The van der Waals surface area contributed by atoms with Crippen LogP contribution in [0.1, 0.15) is 5.56 Å². The van der Waals surface area contributed by atoms with Crippen molar-refractivity contribution in [3.63, 3.8) is 0 Å². The summed E-state index contributed by atoms with van der Waals surface area (Å²) in [6, 6.07) is 13.4. The summed E-state index contributed by atoms with van der Waals surface area (Å²) in [5.41, 5.74) is 1.18. The van der Waals surface area contributed by atoms with Crippen LogP contribution in [0.2, 0.25) is 0 Å². The highest BCUT2D eigenvalue weighted by Gasteiger charge is 2.11. The lowest BCUT2D eigenvalue weighted by atomic mass is 10.2. The first-order valence-electron chi connectivity index (χ1n) is 6.07. The molecule has 2 rings (SSSR count). The van der Waals surface area contributed by atoms with Crippen molar-refractivity contribution in [3.8, 4) is 0 Å². The number of nitrogens with one attached hydrogen (secondary N) is 1. The van der Waals surface area contributed by atoms with E-state index in [0.717, 1.165) is 10.0 Å². The first-order chi connectivity index (χ1) is 9.56. The third-order valence-corrected chi connectivity index (χ3v) is 3.32. The third-order valence-electron chi connectivity index (χ3n) is 2.80. The maximum absolute atomic E-state index is 13.4. The fourth-order valence-electron chi connectivity index (χ4n) is 1.71. The van der Waals surface area contributed by atoms with E-state index in [0.29, 0.717) is 6.54 Å². The summed E-state index contributed by atoms with van der Waals surface area (Å²) >= 11 is 3.36. The maximum Gasteiger partial charge on any atom is 0.321 e. The molecule has 1 N–H and O–H groups in total. The molecule has 5 heteroatoms. The second-order valence-corrected chi connectivity index (χ2v) is 5.31. The van der Waals surface area contributed by atoms with E-state index in [4.69, 9.17) is 0 Å². The average molecular weight is 337 g/mol. The summed E-state index contributed by atoms with van der Waals surface area (Å²) in [6.45, 7) is 0.452. The molecular formula is C15H14BrFN2O. The van der Waals surface area contributed by atoms with Gasteiger partial charge in [-0.15, -0.1) is 0 Å². The Morgan fingerprint density at radius 1 is 1.20 bits per heavy atom. The SMILES string of the molecule is CN(Cc1ccc(Br)cc1)C(=O)Nc1ccccc1F. The van der Waals surface area contributed by atoms with Gasteiger partial charge in [-0.05, 0) is 29.8 Å². The van der Waals surface area contributed by atoms with Crippen LogP contribution >= 0.6 is 15.9 Å². The molecule has 2 aromatic rings. The number of carbonyl (C=O) groups is 1. The Labute approximate surface area is 125 Å². The van der Waals surface area contributed by atoms with E-state index in [2.05, 4.69) is 21.2 Å². The van der Waals surface area contributed by atoms with Gasteiger partial charge in [0.25, 0.3) is 0 Å². The summed E-state index contributed by atoms with van der Waals surface area (Å²) in [6.07, 6.45) is 0. The van der Waals surface area contributed by atoms with Crippen molar-refractivity contribution in [2.75, 3.05) is 12.4 Å². The number of para-hydroxylation sites is 1. The average Bonchev–Trinajstić information content (AvgIpc) is 2.44. The van der Waals surface area contributed by atoms with E-state index >= 15 is 0 Å². The summed E-state index contributed by atoms with van der Waals surface area (Å²) in [5, 5.41) is 2.54. The molecule has 0 aliphatic rings. The van der Waals surface area contributed by atoms with Crippen LogP contribution in [0.25, 0.3) is 0 Å². The lowest BCUT2D eigenvalue weighted by Crippen LogP contribution is -2.31. The number of hydrogen-bond donors (Lipinski definition) is 1. The molecule has 20 heavy (non-hydrogen) atoms.